The number of hydrogen-bond donors (Lipinski definition) is 0. The van der Waals surface area contributed by atoms with Gasteiger partial charge < -0.3 is 4.74 Å². The van der Waals surface area contributed by atoms with Crippen LogP contribution in [0.15, 0.2) is 103 Å². The summed E-state index contributed by atoms with van der Waals surface area (Å²) in [6.07, 6.45) is 3.85. The molecule has 5 rings (SSSR count). The SMILES string of the molecule is COc1cccc2sc(N(Cc3cccnc3)C(=O)CC(c3ccccc3)c3ccccc3)nc12. The van der Waals surface area contributed by atoms with Gasteiger partial charge in [-0.3, -0.25) is 14.7 Å². The summed E-state index contributed by atoms with van der Waals surface area (Å²) in [4.78, 5) is 24.8. The van der Waals surface area contributed by atoms with Crippen LogP contribution in [0.5, 0.6) is 5.75 Å². The summed E-state index contributed by atoms with van der Waals surface area (Å²) in [5.41, 5.74) is 3.93. The van der Waals surface area contributed by atoms with Crippen molar-refractivity contribution in [1.29, 1.82) is 0 Å². The van der Waals surface area contributed by atoms with E-state index in [1.807, 2.05) is 66.7 Å². The van der Waals surface area contributed by atoms with Gasteiger partial charge in [0.05, 0.1) is 18.4 Å². The highest BCUT2D eigenvalue weighted by Crippen LogP contribution is 2.36. The van der Waals surface area contributed by atoms with Crippen molar-refractivity contribution in [3.8, 4) is 5.75 Å². The fraction of sp³-hybridized carbons (Fsp3) is 0.138. The maximum atomic E-state index is 14.0. The number of anilines is 1. The fourth-order valence-corrected chi connectivity index (χ4v) is 5.21. The van der Waals surface area contributed by atoms with E-state index in [2.05, 4.69) is 29.2 Å². The first kappa shape index (κ1) is 22.7. The molecule has 0 spiro atoms. The van der Waals surface area contributed by atoms with Crippen LogP contribution in [0.1, 0.15) is 29.0 Å². The van der Waals surface area contributed by atoms with Gasteiger partial charge in [0.15, 0.2) is 5.13 Å². The Bertz CT molecular complexity index is 1370. The molecule has 3 aromatic carbocycles. The van der Waals surface area contributed by atoms with Crippen LogP contribution in [0.25, 0.3) is 10.2 Å². The number of nitrogens with zero attached hydrogens (tertiary/aromatic N) is 3. The van der Waals surface area contributed by atoms with E-state index in [9.17, 15) is 4.79 Å². The molecule has 5 aromatic rings. The summed E-state index contributed by atoms with van der Waals surface area (Å²) < 4.78 is 6.49. The van der Waals surface area contributed by atoms with Crippen LogP contribution in [-0.4, -0.2) is 23.0 Å². The predicted molar refractivity (Wildman–Crippen MR) is 141 cm³/mol. The number of pyridine rings is 1. The maximum absolute atomic E-state index is 14.0. The lowest BCUT2D eigenvalue weighted by Crippen LogP contribution is -2.31. The molecule has 174 valence electrons. The Morgan fingerprint density at radius 2 is 1.63 bits per heavy atom. The van der Waals surface area contributed by atoms with Crippen LogP contribution >= 0.6 is 11.3 Å². The average molecular weight is 480 g/mol. The second kappa shape index (κ2) is 10.5. The zero-order chi connectivity index (χ0) is 24.0. The van der Waals surface area contributed by atoms with Crippen LogP contribution in [0.2, 0.25) is 0 Å². The standard InChI is InChI=1S/C29H25N3O2S/c1-34-25-15-8-16-26-28(25)31-29(35-26)32(20-21-10-9-17-30-19-21)27(33)18-24(22-11-4-2-5-12-22)23-13-6-3-7-14-23/h2-17,19,24H,18,20H2,1H3. The highest BCUT2D eigenvalue weighted by atomic mass is 32.1. The number of carbonyl (C=O) groups excluding carboxylic acids is 1. The summed E-state index contributed by atoms with van der Waals surface area (Å²) in [6, 6.07) is 30.1. The molecule has 0 saturated carbocycles. The third kappa shape index (κ3) is 5.08. The molecule has 0 unspecified atom stereocenters. The van der Waals surface area contributed by atoms with E-state index in [-0.39, 0.29) is 11.8 Å². The molecule has 35 heavy (non-hydrogen) atoms. The van der Waals surface area contributed by atoms with Gasteiger partial charge in [-0.15, -0.1) is 0 Å². The Labute approximate surface area is 208 Å². The van der Waals surface area contributed by atoms with E-state index in [4.69, 9.17) is 9.72 Å². The lowest BCUT2D eigenvalue weighted by atomic mass is 9.88. The summed E-state index contributed by atoms with van der Waals surface area (Å²) in [7, 11) is 1.64. The maximum Gasteiger partial charge on any atom is 0.230 e. The summed E-state index contributed by atoms with van der Waals surface area (Å²) in [5.74, 6) is 0.639. The molecule has 0 fully saturated rings. The first-order valence-electron chi connectivity index (χ1n) is 11.5. The van der Waals surface area contributed by atoms with Crippen LogP contribution in [-0.2, 0) is 11.3 Å². The van der Waals surface area contributed by atoms with E-state index >= 15 is 0 Å². The molecule has 1 amide bonds. The van der Waals surface area contributed by atoms with Crippen molar-refractivity contribution in [2.75, 3.05) is 12.0 Å². The quantitative estimate of drug-likeness (QED) is 0.256. The number of carbonyl (C=O) groups is 1. The predicted octanol–water partition coefficient (Wildman–Crippen LogP) is 6.46. The molecule has 6 heteroatoms. The van der Waals surface area contributed by atoms with Crippen LogP contribution < -0.4 is 9.64 Å². The minimum atomic E-state index is -0.0646. The number of methoxy groups -OCH3 is 1. The first-order valence-corrected chi connectivity index (χ1v) is 12.3. The number of aromatic nitrogens is 2. The van der Waals surface area contributed by atoms with E-state index in [0.29, 0.717) is 23.8 Å². The second-order valence-electron chi connectivity index (χ2n) is 8.22. The normalized spacial score (nSPS) is 11.0. The summed E-state index contributed by atoms with van der Waals surface area (Å²) >= 11 is 1.49. The summed E-state index contributed by atoms with van der Waals surface area (Å²) in [6.45, 7) is 0.394. The Kier molecular flexibility index (Phi) is 6.82. The summed E-state index contributed by atoms with van der Waals surface area (Å²) in [5, 5.41) is 0.651. The number of fused-ring (bicyclic) bond motifs is 1. The zero-order valence-corrected chi connectivity index (χ0v) is 20.2. The molecular formula is C29H25N3O2S. The lowest BCUT2D eigenvalue weighted by Gasteiger charge is -2.24. The Morgan fingerprint density at radius 1 is 0.914 bits per heavy atom. The molecule has 5 nitrogen and oxygen atoms in total. The van der Waals surface area contributed by atoms with Crippen molar-refractivity contribution in [3.05, 3.63) is 120 Å². The third-order valence-corrected chi connectivity index (χ3v) is 7.01. The van der Waals surface area contributed by atoms with Gasteiger partial charge in [0, 0.05) is 24.7 Å². The van der Waals surface area contributed by atoms with Crippen molar-refractivity contribution in [2.45, 2.75) is 18.9 Å². The number of benzene rings is 3. The monoisotopic (exact) mass is 479 g/mol. The van der Waals surface area contributed by atoms with Gasteiger partial charge in [0.2, 0.25) is 5.91 Å². The van der Waals surface area contributed by atoms with Crippen molar-refractivity contribution < 1.29 is 9.53 Å². The van der Waals surface area contributed by atoms with Crippen molar-refractivity contribution in [3.63, 3.8) is 0 Å². The first-order chi connectivity index (χ1) is 17.2. The number of hydrogen-bond acceptors (Lipinski definition) is 5. The lowest BCUT2D eigenvalue weighted by molar-refractivity contribution is -0.119. The number of thiazole rings is 1. The van der Waals surface area contributed by atoms with E-state index in [1.54, 1.807) is 24.4 Å². The molecule has 0 saturated heterocycles. The van der Waals surface area contributed by atoms with Gasteiger partial charge in [-0.1, -0.05) is 84.1 Å². The number of amides is 1. The van der Waals surface area contributed by atoms with Crippen molar-refractivity contribution >= 4 is 32.6 Å². The minimum absolute atomic E-state index is 0.00424. The van der Waals surface area contributed by atoms with E-state index in [0.717, 1.165) is 26.9 Å². The molecule has 2 aromatic heterocycles. The Hall–Kier alpha value is -4.03. The number of ether oxygens (including phenoxy) is 1. The Morgan fingerprint density at radius 3 is 2.26 bits per heavy atom. The van der Waals surface area contributed by atoms with Crippen molar-refractivity contribution in [2.24, 2.45) is 0 Å². The third-order valence-electron chi connectivity index (χ3n) is 5.97. The van der Waals surface area contributed by atoms with Gasteiger partial charge in [0.1, 0.15) is 11.3 Å². The van der Waals surface area contributed by atoms with Crippen molar-refractivity contribution in [1.82, 2.24) is 9.97 Å². The molecule has 2 heterocycles. The molecule has 0 N–H and O–H groups in total. The minimum Gasteiger partial charge on any atom is -0.494 e. The molecule has 0 radical (unpaired) electrons. The molecular weight excluding hydrogens is 454 g/mol. The number of para-hydroxylation sites is 1. The van der Waals surface area contributed by atoms with Gasteiger partial charge in [-0.25, -0.2) is 4.98 Å². The van der Waals surface area contributed by atoms with Crippen LogP contribution in [0.4, 0.5) is 5.13 Å². The fourth-order valence-electron chi connectivity index (χ4n) is 4.21. The van der Waals surface area contributed by atoms with Crippen LogP contribution in [0, 0.1) is 0 Å². The van der Waals surface area contributed by atoms with Gasteiger partial charge in [-0.2, -0.15) is 0 Å². The largest absolute Gasteiger partial charge is 0.494 e. The molecule has 0 atom stereocenters. The molecule has 0 aliphatic rings. The second-order valence-corrected chi connectivity index (χ2v) is 9.23. The highest BCUT2D eigenvalue weighted by Gasteiger charge is 2.26. The highest BCUT2D eigenvalue weighted by molar-refractivity contribution is 7.22. The average Bonchev–Trinajstić information content (AvgIpc) is 3.36. The Balaban J connectivity index is 1.53. The molecule has 0 aliphatic heterocycles. The topological polar surface area (TPSA) is 55.3 Å². The van der Waals surface area contributed by atoms with Crippen LogP contribution in [0.3, 0.4) is 0 Å². The molecule has 0 bridgehead atoms. The van der Waals surface area contributed by atoms with E-state index < -0.39 is 0 Å². The van der Waals surface area contributed by atoms with Gasteiger partial charge in [-0.05, 0) is 34.9 Å². The molecule has 0 aliphatic carbocycles. The van der Waals surface area contributed by atoms with E-state index in [1.165, 1.54) is 11.3 Å². The number of rotatable bonds is 8. The van der Waals surface area contributed by atoms with Gasteiger partial charge in [0.25, 0.3) is 0 Å². The smallest absolute Gasteiger partial charge is 0.230 e. The zero-order valence-electron chi connectivity index (χ0n) is 19.4. The van der Waals surface area contributed by atoms with Gasteiger partial charge >= 0.3 is 0 Å².